The summed E-state index contributed by atoms with van der Waals surface area (Å²) < 4.78 is 49.4. The summed E-state index contributed by atoms with van der Waals surface area (Å²) in [5.74, 6) is 1.83. The van der Waals surface area contributed by atoms with Crippen LogP contribution in [0.25, 0.3) is 10.8 Å². The molecule has 0 aliphatic heterocycles. The first-order valence-corrected chi connectivity index (χ1v) is 11.7. The maximum atomic E-state index is 10.9. The van der Waals surface area contributed by atoms with Crippen molar-refractivity contribution >= 4 is 20.9 Å². The molecule has 0 N–H and O–H groups in total. The van der Waals surface area contributed by atoms with E-state index in [2.05, 4.69) is 38.1 Å². The topological polar surface area (TPSA) is 84.9 Å². The van der Waals surface area contributed by atoms with E-state index in [0.717, 1.165) is 17.6 Å². The van der Waals surface area contributed by atoms with Crippen molar-refractivity contribution in [3.63, 3.8) is 0 Å². The van der Waals surface area contributed by atoms with Crippen molar-refractivity contribution in [3.8, 4) is 11.5 Å². The second-order valence-corrected chi connectivity index (χ2v) is 8.69. The second kappa shape index (κ2) is 10.6. The van der Waals surface area contributed by atoms with Crippen LogP contribution in [0.5, 0.6) is 11.5 Å². The summed E-state index contributed by atoms with van der Waals surface area (Å²) in [4.78, 5) is -0.280. The van der Waals surface area contributed by atoms with Crippen LogP contribution in [0.4, 0.5) is 0 Å². The van der Waals surface area contributed by atoms with E-state index in [1.807, 2.05) is 12.1 Å². The minimum atomic E-state index is -4.44. The lowest BCUT2D eigenvalue weighted by atomic mass is 9.96. The molecule has 0 spiro atoms. The van der Waals surface area contributed by atoms with Crippen LogP contribution in [0.15, 0.2) is 65.6 Å². The van der Waals surface area contributed by atoms with Gasteiger partial charge in [0, 0.05) is 0 Å². The van der Waals surface area contributed by atoms with Gasteiger partial charge in [-0.25, -0.2) is 8.42 Å². The quantitative estimate of drug-likeness (QED) is 0.315. The van der Waals surface area contributed by atoms with Gasteiger partial charge in [-0.3, -0.25) is 0 Å². The van der Waals surface area contributed by atoms with Crippen LogP contribution in [0.2, 0.25) is 0 Å². The van der Waals surface area contributed by atoms with E-state index in [0.29, 0.717) is 38.1 Å². The van der Waals surface area contributed by atoms with Crippen molar-refractivity contribution in [1.82, 2.24) is 0 Å². The molecule has 1 unspecified atom stereocenters. The highest BCUT2D eigenvalue weighted by molar-refractivity contribution is 7.85. The molecule has 0 aromatic heterocycles. The lowest BCUT2D eigenvalue weighted by Crippen LogP contribution is -2.12. The Morgan fingerprint density at radius 2 is 1.39 bits per heavy atom. The maximum Gasteiger partial charge on any atom is 0.124 e. The number of hydrogen-bond acceptors (Lipinski definition) is 6. The highest BCUT2D eigenvalue weighted by Crippen LogP contribution is 2.26. The van der Waals surface area contributed by atoms with Gasteiger partial charge in [0.25, 0.3) is 0 Å². The Balaban J connectivity index is 1.37. The van der Waals surface area contributed by atoms with Crippen LogP contribution in [0.3, 0.4) is 0 Å². The number of ether oxygens (including phenoxy) is 3. The number of benzene rings is 3. The molecule has 0 saturated carbocycles. The number of rotatable bonds is 11. The van der Waals surface area contributed by atoms with Crippen molar-refractivity contribution in [2.75, 3.05) is 26.4 Å². The molecule has 0 amide bonds. The van der Waals surface area contributed by atoms with Crippen molar-refractivity contribution in [1.29, 1.82) is 0 Å². The number of fused-ring (bicyclic) bond motifs is 1. The zero-order valence-corrected chi connectivity index (χ0v) is 18.6. The van der Waals surface area contributed by atoms with Crippen LogP contribution < -0.4 is 9.47 Å². The lowest BCUT2D eigenvalue weighted by molar-refractivity contribution is 0.0764. The fourth-order valence-electron chi connectivity index (χ4n) is 3.12. The molecule has 166 valence electrons. The summed E-state index contributed by atoms with van der Waals surface area (Å²) in [5, 5.41) is 2.36. The lowest BCUT2D eigenvalue weighted by Gasteiger charge is -2.12. The van der Waals surface area contributed by atoms with Gasteiger partial charge in [-0.05, 0) is 65.1 Å². The normalized spacial score (nSPS) is 12.6. The Morgan fingerprint density at radius 3 is 2.03 bits per heavy atom. The van der Waals surface area contributed by atoms with Gasteiger partial charge >= 0.3 is 0 Å². The first-order chi connectivity index (χ1) is 14.9. The SMILES string of the molecule is CCC(C)c1ccc2cc(OCCOCCOc3ccc(S(=O)(=O)[O-])cc3)ccc2c1. The van der Waals surface area contributed by atoms with Crippen molar-refractivity contribution < 1.29 is 27.2 Å². The third kappa shape index (κ3) is 6.69. The average molecular weight is 444 g/mol. The third-order valence-electron chi connectivity index (χ3n) is 5.12. The van der Waals surface area contributed by atoms with Gasteiger partial charge in [-0.2, -0.15) is 0 Å². The van der Waals surface area contributed by atoms with E-state index < -0.39 is 10.1 Å². The average Bonchev–Trinajstić information content (AvgIpc) is 2.77. The molecule has 0 heterocycles. The summed E-state index contributed by atoms with van der Waals surface area (Å²) in [7, 11) is -4.44. The molecule has 6 nitrogen and oxygen atoms in total. The Kier molecular flexibility index (Phi) is 7.90. The van der Waals surface area contributed by atoms with E-state index in [1.54, 1.807) is 0 Å². The summed E-state index contributed by atoms with van der Waals surface area (Å²) in [6.45, 7) is 5.94. The van der Waals surface area contributed by atoms with Gasteiger partial charge in [0.1, 0.15) is 34.8 Å². The van der Waals surface area contributed by atoms with E-state index in [-0.39, 0.29) is 4.90 Å². The van der Waals surface area contributed by atoms with Crippen LogP contribution in [-0.4, -0.2) is 39.4 Å². The van der Waals surface area contributed by atoms with Crippen LogP contribution in [0.1, 0.15) is 31.7 Å². The summed E-state index contributed by atoms with van der Waals surface area (Å²) in [6.07, 6.45) is 1.12. The zero-order chi connectivity index (χ0) is 22.3. The standard InChI is InChI=1S/C24H28O6S/c1-3-18(2)19-4-5-21-17-23(7-6-20(21)16-19)30-15-13-28-12-14-29-22-8-10-24(11-9-22)31(25,26)27/h4-11,16-18H,3,12-15H2,1-2H3,(H,25,26,27)/p-1. The van der Waals surface area contributed by atoms with E-state index in [4.69, 9.17) is 14.2 Å². The molecule has 3 aromatic rings. The summed E-state index contributed by atoms with van der Waals surface area (Å²) in [6, 6.07) is 18.0. The second-order valence-electron chi connectivity index (χ2n) is 7.31. The predicted octanol–water partition coefficient (Wildman–Crippen LogP) is 4.73. The largest absolute Gasteiger partial charge is 0.744 e. The molecule has 0 aliphatic rings. The molecule has 0 fully saturated rings. The van der Waals surface area contributed by atoms with Gasteiger partial charge in [0.05, 0.1) is 18.1 Å². The molecule has 31 heavy (non-hydrogen) atoms. The summed E-state index contributed by atoms with van der Waals surface area (Å²) in [5.41, 5.74) is 1.35. The van der Waals surface area contributed by atoms with Crippen LogP contribution >= 0.6 is 0 Å². The Hall–Kier alpha value is -2.61. The zero-order valence-electron chi connectivity index (χ0n) is 17.7. The first kappa shape index (κ1) is 23.1. The molecule has 1 atom stereocenters. The van der Waals surface area contributed by atoms with Crippen molar-refractivity contribution in [3.05, 3.63) is 66.2 Å². The van der Waals surface area contributed by atoms with Gasteiger partial charge in [0.2, 0.25) is 0 Å². The number of hydrogen-bond donors (Lipinski definition) is 0. The van der Waals surface area contributed by atoms with Gasteiger partial charge in [-0.15, -0.1) is 0 Å². The molecular formula is C24H27O6S-. The molecular weight excluding hydrogens is 416 g/mol. The third-order valence-corrected chi connectivity index (χ3v) is 5.97. The Labute approximate surface area is 183 Å². The van der Waals surface area contributed by atoms with E-state index in [1.165, 1.54) is 35.2 Å². The molecule has 0 radical (unpaired) electrons. The smallest absolute Gasteiger partial charge is 0.124 e. The minimum Gasteiger partial charge on any atom is -0.744 e. The van der Waals surface area contributed by atoms with Gasteiger partial charge in [-0.1, -0.05) is 38.1 Å². The monoisotopic (exact) mass is 443 g/mol. The maximum absolute atomic E-state index is 10.9. The molecule has 3 aromatic carbocycles. The summed E-state index contributed by atoms with van der Waals surface area (Å²) >= 11 is 0. The van der Waals surface area contributed by atoms with Crippen LogP contribution in [-0.2, 0) is 14.9 Å². The van der Waals surface area contributed by atoms with Crippen molar-refractivity contribution in [2.45, 2.75) is 31.1 Å². The van der Waals surface area contributed by atoms with Gasteiger partial charge in [0.15, 0.2) is 0 Å². The van der Waals surface area contributed by atoms with Crippen molar-refractivity contribution in [2.24, 2.45) is 0 Å². The highest BCUT2D eigenvalue weighted by atomic mass is 32.2. The van der Waals surface area contributed by atoms with E-state index >= 15 is 0 Å². The predicted molar refractivity (Wildman–Crippen MR) is 119 cm³/mol. The van der Waals surface area contributed by atoms with Crippen LogP contribution in [0, 0.1) is 0 Å². The first-order valence-electron chi connectivity index (χ1n) is 10.3. The molecule has 0 bridgehead atoms. The highest BCUT2D eigenvalue weighted by Gasteiger charge is 2.05. The Morgan fingerprint density at radius 1 is 0.806 bits per heavy atom. The van der Waals surface area contributed by atoms with Gasteiger partial charge < -0.3 is 18.8 Å². The molecule has 0 saturated heterocycles. The fraction of sp³-hybridized carbons (Fsp3) is 0.333. The fourth-order valence-corrected chi connectivity index (χ4v) is 3.59. The Bertz CT molecular complexity index is 1090. The molecule has 3 rings (SSSR count). The van der Waals surface area contributed by atoms with E-state index in [9.17, 15) is 13.0 Å². The molecule has 7 heteroatoms. The minimum absolute atomic E-state index is 0.280. The molecule has 0 aliphatic carbocycles.